The molecule has 0 aromatic rings. The first kappa shape index (κ1) is 15.0. The van der Waals surface area contributed by atoms with E-state index in [0.29, 0.717) is 18.8 Å². The van der Waals surface area contributed by atoms with E-state index in [2.05, 4.69) is 20.8 Å². The zero-order valence-corrected chi connectivity index (χ0v) is 11.7. The van der Waals surface area contributed by atoms with E-state index in [1.54, 1.807) is 0 Å². The fourth-order valence-corrected chi connectivity index (χ4v) is 2.56. The summed E-state index contributed by atoms with van der Waals surface area (Å²) in [6, 6.07) is 0. The fourth-order valence-electron chi connectivity index (χ4n) is 2.56. The number of carbonyl (C=O) groups excluding carboxylic acids is 1. The van der Waals surface area contributed by atoms with Crippen molar-refractivity contribution in [2.45, 2.75) is 52.9 Å². The second-order valence-corrected chi connectivity index (χ2v) is 6.27. The van der Waals surface area contributed by atoms with E-state index < -0.39 is 5.97 Å². The quantitative estimate of drug-likeness (QED) is 0.793. The molecular formula is C14H25NO3. The van der Waals surface area contributed by atoms with Gasteiger partial charge >= 0.3 is 5.97 Å². The number of hydrogen-bond acceptors (Lipinski definition) is 2. The van der Waals surface area contributed by atoms with E-state index in [1.807, 2.05) is 4.90 Å². The summed E-state index contributed by atoms with van der Waals surface area (Å²) >= 11 is 0. The van der Waals surface area contributed by atoms with Gasteiger partial charge in [0.05, 0.1) is 0 Å². The van der Waals surface area contributed by atoms with Gasteiger partial charge in [0.15, 0.2) is 0 Å². The zero-order valence-electron chi connectivity index (χ0n) is 11.7. The van der Waals surface area contributed by atoms with Crippen molar-refractivity contribution < 1.29 is 14.7 Å². The van der Waals surface area contributed by atoms with Gasteiger partial charge in [0.1, 0.15) is 0 Å². The predicted octanol–water partition coefficient (Wildman–Crippen LogP) is 2.53. The van der Waals surface area contributed by atoms with E-state index >= 15 is 0 Å². The van der Waals surface area contributed by atoms with Gasteiger partial charge in [-0.15, -0.1) is 0 Å². The molecule has 1 N–H and O–H groups in total. The monoisotopic (exact) mass is 255 g/mol. The van der Waals surface area contributed by atoms with Crippen LogP contribution < -0.4 is 0 Å². The molecule has 0 radical (unpaired) electrons. The summed E-state index contributed by atoms with van der Waals surface area (Å²) in [5, 5.41) is 8.79. The summed E-state index contributed by atoms with van der Waals surface area (Å²) in [5.41, 5.74) is 0.0955. The van der Waals surface area contributed by atoms with Gasteiger partial charge in [-0.2, -0.15) is 0 Å². The van der Waals surface area contributed by atoms with E-state index in [0.717, 1.165) is 25.9 Å². The molecule has 0 bridgehead atoms. The molecule has 0 aliphatic carbocycles. The first-order valence-corrected chi connectivity index (χ1v) is 6.80. The Kier molecular flexibility index (Phi) is 5.17. The van der Waals surface area contributed by atoms with E-state index in [1.165, 1.54) is 0 Å². The molecule has 104 valence electrons. The van der Waals surface area contributed by atoms with Crippen LogP contribution >= 0.6 is 0 Å². The number of aliphatic carboxylic acids is 1. The highest BCUT2D eigenvalue weighted by molar-refractivity contribution is 5.78. The van der Waals surface area contributed by atoms with Gasteiger partial charge in [-0.3, -0.25) is 9.59 Å². The van der Waals surface area contributed by atoms with Crippen molar-refractivity contribution in [1.29, 1.82) is 0 Å². The number of hydrogen-bond donors (Lipinski definition) is 1. The van der Waals surface area contributed by atoms with E-state index in [-0.39, 0.29) is 17.7 Å². The summed E-state index contributed by atoms with van der Waals surface area (Å²) < 4.78 is 0. The maximum atomic E-state index is 11.5. The summed E-state index contributed by atoms with van der Waals surface area (Å²) in [7, 11) is 0. The Labute approximate surface area is 109 Å². The fraction of sp³-hybridized carbons (Fsp3) is 0.857. The van der Waals surface area contributed by atoms with Gasteiger partial charge < -0.3 is 10.0 Å². The average Bonchev–Trinajstić information content (AvgIpc) is 2.61. The Morgan fingerprint density at radius 3 is 2.50 bits per heavy atom. The maximum Gasteiger partial charge on any atom is 0.303 e. The Morgan fingerprint density at radius 1 is 1.39 bits per heavy atom. The van der Waals surface area contributed by atoms with E-state index in [9.17, 15) is 9.59 Å². The minimum atomic E-state index is -0.735. The van der Waals surface area contributed by atoms with E-state index in [4.69, 9.17) is 5.11 Å². The maximum absolute atomic E-state index is 11.5. The number of carboxylic acid groups (broad SMARTS) is 1. The summed E-state index contributed by atoms with van der Waals surface area (Å²) in [6.45, 7) is 8.08. The lowest BCUT2D eigenvalue weighted by Gasteiger charge is -2.32. The van der Waals surface area contributed by atoms with Gasteiger partial charge in [0.2, 0.25) is 5.91 Å². The third kappa shape index (κ3) is 4.67. The molecule has 0 aromatic heterocycles. The highest BCUT2D eigenvalue weighted by Crippen LogP contribution is 2.33. The second kappa shape index (κ2) is 6.21. The number of rotatable bonds is 6. The Bertz CT molecular complexity index is 307. The van der Waals surface area contributed by atoms with Crippen LogP contribution in [0.5, 0.6) is 0 Å². The number of likely N-dealkylation sites (tertiary alicyclic amines) is 1. The van der Waals surface area contributed by atoms with Crippen molar-refractivity contribution in [2.75, 3.05) is 13.1 Å². The van der Waals surface area contributed by atoms with Crippen LogP contribution in [0.2, 0.25) is 0 Å². The zero-order chi connectivity index (χ0) is 13.8. The SMILES string of the molecule is CC(C)(C)C(CCC(=O)O)CCN1CCCC1=O. The van der Waals surface area contributed by atoms with Crippen molar-refractivity contribution in [2.24, 2.45) is 11.3 Å². The van der Waals surface area contributed by atoms with Crippen LogP contribution in [0.3, 0.4) is 0 Å². The molecule has 1 fully saturated rings. The average molecular weight is 255 g/mol. The van der Waals surface area contributed by atoms with Gasteiger partial charge in [0.25, 0.3) is 0 Å². The lowest BCUT2D eigenvalue weighted by atomic mass is 9.76. The summed E-state index contributed by atoms with van der Waals surface area (Å²) in [5.74, 6) is -0.135. The molecule has 1 aliphatic heterocycles. The van der Waals surface area contributed by atoms with Gasteiger partial charge in [-0.1, -0.05) is 20.8 Å². The standard InChI is InChI=1S/C14H25NO3/c1-14(2,3)11(6-7-13(17)18)8-10-15-9-4-5-12(15)16/h11H,4-10H2,1-3H3,(H,17,18). The van der Waals surface area contributed by atoms with Crippen molar-refractivity contribution in [3.63, 3.8) is 0 Å². The van der Waals surface area contributed by atoms with Gasteiger partial charge in [-0.05, 0) is 30.6 Å². The molecule has 0 aromatic carbocycles. The summed E-state index contributed by atoms with van der Waals surface area (Å²) in [6.07, 6.45) is 3.46. The molecule has 1 amide bonds. The Morgan fingerprint density at radius 2 is 2.06 bits per heavy atom. The molecule has 18 heavy (non-hydrogen) atoms. The van der Waals surface area contributed by atoms with Crippen LogP contribution in [0.15, 0.2) is 0 Å². The molecule has 1 unspecified atom stereocenters. The minimum Gasteiger partial charge on any atom is -0.481 e. The van der Waals surface area contributed by atoms with Crippen molar-refractivity contribution in [1.82, 2.24) is 4.90 Å². The highest BCUT2D eigenvalue weighted by atomic mass is 16.4. The third-order valence-corrected chi connectivity index (χ3v) is 3.85. The normalized spacial score (nSPS) is 18.2. The predicted molar refractivity (Wildman–Crippen MR) is 70.2 cm³/mol. The van der Waals surface area contributed by atoms with Crippen LogP contribution in [0.4, 0.5) is 0 Å². The molecule has 1 rings (SSSR count). The lowest BCUT2D eigenvalue weighted by Crippen LogP contribution is -2.30. The smallest absolute Gasteiger partial charge is 0.303 e. The lowest BCUT2D eigenvalue weighted by molar-refractivity contribution is -0.137. The van der Waals surface area contributed by atoms with Crippen molar-refractivity contribution in [3.05, 3.63) is 0 Å². The van der Waals surface area contributed by atoms with Crippen LogP contribution in [0.1, 0.15) is 52.9 Å². The first-order chi connectivity index (χ1) is 8.30. The molecule has 4 nitrogen and oxygen atoms in total. The van der Waals surface area contributed by atoms with Crippen molar-refractivity contribution >= 4 is 11.9 Å². The Balaban J connectivity index is 2.45. The van der Waals surface area contributed by atoms with Crippen LogP contribution in [-0.2, 0) is 9.59 Å². The molecule has 0 saturated carbocycles. The minimum absolute atomic E-state index is 0.0955. The molecular weight excluding hydrogens is 230 g/mol. The topological polar surface area (TPSA) is 57.6 Å². The largest absolute Gasteiger partial charge is 0.481 e. The number of carbonyl (C=O) groups is 2. The molecule has 1 aliphatic rings. The van der Waals surface area contributed by atoms with Gasteiger partial charge in [0, 0.05) is 25.9 Å². The van der Waals surface area contributed by atoms with Crippen LogP contribution in [0, 0.1) is 11.3 Å². The number of carboxylic acids is 1. The number of amides is 1. The molecule has 0 spiro atoms. The summed E-state index contributed by atoms with van der Waals surface area (Å²) in [4.78, 5) is 24.1. The molecule has 1 atom stereocenters. The highest BCUT2D eigenvalue weighted by Gasteiger charge is 2.27. The van der Waals surface area contributed by atoms with Crippen molar-refractivity contribution in [3.8, 4) is 0 Å². The Hall–Kier alpha value is -1.06. The van der Waals surface area contributed by atoms with Crippen LogP contribution in [0.25, 0.3) is 0 Å². The molecule has 1 saturated heterocycles. The number of nitrogens with zero attached hydrogens (tertiary/aromatic N) is 1. The molecule has 1 heterocycles. The van der Waals surface area contributed by atoms with Crippen LogP contribution in [-0.4, -0.2) is 35.0 Å². The van der Waals surface area contributed by atoms with Gasteiger partial charge in [-0.25, -0.2) is 0 Å². The third-order valence-electron chi connectivity index (χ3n) is 3.85. The second-order valence-electron chi connectivity index (χ2n) is 6.27. The molecule has 4 heteroatoms. The first-order valence-electron chi connectivity index (χ1n) is 6.80.